The summed E-state index contributed by atoms with van der Waals surface area (Å²) in [7, 11) is 0. The number of aryl methyl sites for hydroxylation is 1. The van der Waals surface area contributed by atoms with Gasteiger partial charge in [-0.25, -0.2) is 9.59 Å². The van der Waals surface area contributed by atoms with Crippen molar-refractivity contribution in [1.29, 1.82) is 0 Å². The Labute approximate surface area is 124 Å². The topological polar surface area (TPSA) is 78.4 Å². The van der Waals surface area contributed by atoms with Crippen LogP contribution in [-0.4, -0.2) is 22.6 Å². The highest BCUT2D eigenvalue weighted by Crippen LogP contribution is 2.27. The lowest BCUT2D eigenvalue weighted by molar-refractivity contribution is 0.0696. The van der Waals surface area contributed by atoms with Crippen LogP contribution in [0.15, 0.2) is 18.2 Å². The molecule has 1 saturated carbocycles. The van der Waals surface area contributed by atoms with E-state index in [1.54, 1.807) is 19.1 Å². The first kappa shape index (κ1) is 15.4. The van der Waals surface area contributed by atoms with Gasteiger partial charge in [0.05, 0.1) is 5.56 Å². The summed E-state index contributed by atoms with van der Waals surface area (Å²) in [5.41, 5.74) is 1.21. The number of amides is 2. The van der Waals surface area contributed by atoms with Crippen LogP contribution in [0.25, 0.3) is 0 Å². The average molecular weight is 290 g/mol. The van der Waals surface area contributed by atoms with E-state index in [9.17, 15) is 9.59 Å². The van der Waals surface area contributed by atoms with Gasteiger partial charge in [0, 0.05) is 11.2 Å². The fourth-order valence-corrected chi connectivity index (χ4v) is 2.82. The van der Waals surface area contributed by atoms with E-state index in [1.165, 1.54) is 12.5 Å². The number of rotatable bonds is 3. The monoisotopic (exact) mass is 290 g/mol. The number of aromatic carboxylic acids is 1. The molecule has 2 rings (SSSR count). The molecule has 5 nitrogen and oxygen atoms in total. The molecule has 1 aromatic carbocycles. The van der Waals surface area contributed by atoms with E-state index >= 15 is 0 Å². The zero-order valence-electron chi connectivity index (χ0n) is 12.5. The predicted molar refractivity (Wildman–Crippen MR) is 81.8 cm³/mol. The van der Waals surface area contributed by atoms with Crippen molar-refractivity contribution in [2.75, 3.05) is 5.32 Å². The van der Waals surface area contributed by atoms with Gasteiger partial charge in [0.1, 0.15) is 0 Å². The van der Waals surface area contributed by atoms with Crippen LogP contribution in [0, 0.1) is 6.92 Å². The summed E-state index contributed by atoms with van der Waals surface area (Å²) in [5, 5.41) is 14.8. The third-order valence-electron chi connectivity index (χ3n) is 4.10. The highest BCUT2D eigenvalue weighted by Gasteiger charge is 2.28. The van der Waals surface area contributed by atoms with Crippen molar-refractivity contribution in [2.24, 2.45) is 0 Å². The number of anilines is 1. The molecule has 0 atom stereocenters. The minimum atomic E-state index is -0.990. The van der Waals surface area contributed by atoms with Gasteiger partial charge in [0.15, 0.2) is 0 Å². The van der Waals surface area contributed by atoms with Crippen LogP contribution in [0.1, 0.15) is 54.9 Å². The van der Waals surface area contributed by atoms with Crippen LogP contribution in [0.5, 0.6) is 0 Å². The van der Waals surface area contributed by atoms with Crippen molar-refractivity contribution in [2.45, 2.75) is 51.5 Å². The number of carbonyl (C=O) groups excluding carboxylic acids is 1. The standard InChI is InChI=1S/C16H22N2O3/c1-11-6-7-12(10-13(11)14(19)20)17-15(21)18-16(2)8-4-3-5-9-16/h6-7,10H,3-5,8-9H2,1-2H3,(H,19,20)(H2,17,18,21). The maximum atomic E-state index is 12.1. The Bertz CT molecular complexity index is 548. The molecule has 1 fully saturated rings. The maximum absolute atomic E-state index is 12.1. The SMILES string of the molecule is Cc1ccc(NC(=O)NC2(C)CCCCC2)cc1C(=O)O. The van der Waals surface area contributed by atoms with Crippen molar-refractivity contribution in [3.8, 4) is 0 Å². The van der Waals surface area contributed by atoms with Crippen LogP contribution in [-0.2, 0) is 0 Å². The molecule has 0 unspecified atom stereocenters. The zero-order valence-corrected chi connectivity index (χ0v) is 12.5. The molecule has 0 radical (unpaired) electrons. The second-order valence-electron chi connectivity index (χ2n) is 6.04. The molecule has 1 aliphatic carbocycles. The molecule has 114 valence electrons. The number of carbonyl (C=O) groups is 2. The summed E-state index contributed by atoms with van der Waals surface area (Å²) in [6, 6.07) is 4.62. The first-order chi connectivity index (χ1) is 9.89. The number of urea groups is 1. The van der Waals surface area contributed by atoms with Crippen molar-refractivity contribution in [1.82, 2.24) is 5.32 Å². The lowest BCUT2D eigenvalue weighted by atomic mass is 9.83. The van der Waals surface area contributed by atoms with Crippen molar-refractivity contribution in [3.05, 3.63) is 29.3 Å². The number of carboxylic acid groups (broad SMARTS) is 1. The highest BCUT2D eigenvalue weighted by molar-refractivity contribution is 5.94. The largest absolute Gasteiger partial charge is 0.478 e. The van der Waals surface area contributed by atoms with Gasteiger partial charge in [0.25, 0.3) is 0 Å². The van der Waals surface area contributed by atoms with E-state index in [1.807, 2.05) is 0 Å². The lowest BCUT2D eigenvalue weighted by Gasteiger charge is -2.34. The van der Waals surface area contributed by atoms with Crippen molar-refractivity contribution >= 4 is 17.7 Å². The van der Waals surface area contributed by atoms with Gasteiger partial charge in [-0.2, -0.15) is 0 Å². The normalized spacial score (nSPS) is 17.0. The summed E-state index contributed by atoms with van der Waals surface area (Å²) in [4.78, 5) is 23.2. The number of hydrogen-bond acceptors (Lipinski definition) is 2. The second kappa shape index (κ2) is 6.16. The molecule has 0 saturated heterocycles. The van der Waals surface area contributed by atoms with Gasteiger partial charge >= 0.3 is 12.0 Å². The van der Waals surface area contributed by atoms with Crippen LogP contribution in [0.2, 0.25) is 0 Å². The first-order valence-electron chi connectivity index (χ1n) is 7.33. The van der Waals surface area contributed by atoms with Crippen LogP contribution in [0.3, 0.4) is 0 Å². The van der Waals surface area contributed by atoms with Gasteiger partial charge in [0.2, 0.25) is 0 Å². The molecule has 0 aliphatic heterocycles. The van der Waals surface area contributed by atoms with Gasteiger partial charge in [-0.05, 0) is 44.4 Å². The van der Waals surface area contributed by atoms with E-state index in [-0.39, 0.29) is 17.1 Å². The molecule has 1 aromatic rings. The minimum absolute atomic E-state index is 0.164. The molecular formula is C16H22N2O3. The van der Waals surface area contributed by atoms with Gasteiger partial charge in [-0.15, -0.1) is 0 Å². The molecule has 21 heavy (non-hydrogen) atoms. The molecule has 0 heterocycles. The quantitative estimate of drug-likeness (QED) is 0.796. The smallest absolute Gasteiger partial charge is 0.336 e. The van der Waals surface area contributed by atoms with Gasteiger partial charge in [-0.1, -0.05) is 25.3 Å². The Balaban J connectivity index is 2.02. The Kier molecular flexibility index (Phi) is 4.50. The Hall–Kier alpha value is -2.04. The maximum Gasteiger partial charge on any atom is 0.336 e. The molecule has 1 aliphatic rings. The van der Waals surface area contributed by atoms with Gasteiger partial charge in [-0.3, -0.25) is 0 Å². The fourth-order valence-electron chi connectivity index (χ4n) is 2.82. The number of benzene rings is 1. The van der Waals surface area contributed by atoms with E-state index in [0.717, 1.165) is 25.7 Å². The second-order valence-corrected chi connectivity index (χ2v) is 6.04. The molecule has 3 N–H and O–H groups in total. The van der Waals surface area contributed by atoms with E-state index in [4.69, 9.17) is 5.11 Å². The highest BCUT2D eigenvalue weighted by atomic mass is 16.4. The third-order valence-corrected chi connectivity index (χ3v) is 4.10. The Morgan fingerprint density at radius 1 is 1.19 bits per heavy atom. The average Bonchev–Trinajstić information content (AvgIpc) is 2.40. The molecule has 0 bridgehead atoms. The number of carboxylic acids is 1. The third kappa shape index (κ3) is 3.97. The van der Waals surface area contributed by atoms with E-state index in [0.29, 0.717) is 11.3 Å². The van der Waals surface area contributed by atoms with Gasteiger partial charge < -0.3 is 15.7 Å². The molecule has 5 heteroatoms. The van der Waals surface area contributed by atoms with Crippen LogP contribution in [0.4, 0.5) is 10.5 Å². The van der Waals surface area contributed by atoms with Crippen LogP contribution < -0.4 is 10.6 Å². The zero-order chi connectivity index (χ0) is 15.5. The summed E-state index contributed by atoms with van der Waals surface area (Å²) < 4.78 is 0. The fraction of sp³-hybridized carbons (Fsp3) is 0.500. The summed E-state index contributed by atoms with van der Waals surface area (Å²) in [5.74, 6) is -0.990. The minimum Gasteiger partial charge on any atom is -0.478 e. The number of nitrogens with one attached hydrogen (secondary N) is 2. The number of hydrogen-bond donors (Lipinski definition) is 3. The van der Waals surface area contributed by atoms with Crippen molar-refractivity contribution < 1.29 is 14.7 Å². The molecular weight excluding hydrogens is 268 g/mol. The van der Waals surface area contributed by atoms with Crippen LogP contribution >= 0.6 is 0 Å². The lowest BCUT2D eigenvalue weighted by Crippen LogP contribution is -2.48. The predicted octanol–water partition coefficient (Wildman–Crippen LogP) is 3.54. The van der Waals surface area contributed by atoms with Crippen molar-refractivity contribution in [3.63, 3.8) is 0 Å². The molecule has 0 aromatic heterocycles. The summed E-state index contributed by atoms with van der Waals surface area (Å²) >= 11 is 0. The Morgan fingerprint density at radius 3 is 2.48 bits per heavy atom. The van der Waals surface area contributed by atoms with E-state index in [2.05, 4.69) is 17.6 Å². The Morgan fingerprint density at radius 2 is 1.86 bits per heavy atom. The van der Waals surface area contributed by atoms with E-state index < -0.39 is 5.97 Å². The molecule has 0 spiro atoms. The first-order valence-corrected chi connectivity index (χ1v) is 7.33. The summed E-state index contributed by atoms with van der Waals surface area (Å²) in [6.07, 6.45) is 5.44. The molecule has 2 amide bonds. The summed E-state index contributed by atoms with van der Waals surface area (Å²) in [6.45, 7) is 3.79.